The number of sulfonamides is 1. The maximum absolute atomic E-state index is 13.1. The van der Waals surface area contributed by atoms with E-state index in [1.54, 1.807) is 36.4 Å². The number of carbonyl (C=O) groups excluding carboxylic acids is 2. The van der Waals surface area contributed by atoms with Crippen LogP contribution in [0.2, 0.25) is 5.02 Å². The van der Waals surface area contributed by atoms with Crippen molar-refractivity contribution in [3.05, 3.63) is 59.1 Å². The van der Waals surface area contributed by atoms with Gasteiger partial charge in [-0.05, 0) is 49.2 Å². The number of rotatable bonds is 9. The highest BCUT2D eigenvalue weighted by molar-refractivity contribution is 7.89. The number of methoxy groups -OCH3 is 1. The molecule has 1 aliphatic heterocycles. The average Bonchev–Trinajstić information content (AvgIpc) is 2.84. The maximum atomic E-state index is 13.1. The van der Waals surface area contributed by atoms with Gasteiger partial charge in [0.2, 0.25) is 10.0 Å². The van der Waals surface area contributed by atoms with Gasteiger partial charge in [-0.25, -0.2) is 13.2 Å². The number of ether oxygens (including phenoxy) is 3. The molecule has 0 amide bonds. The summed E-state index contributed by atoms with van der Waals surface area (Å²) in [7, 11) is -2.69. The highest BCUT2D eigenvalue weighted by atomic mass is 35.5. The molecule has 2 aromatic rings. The summed E-state index contributed by atoms with van der Waals surface area (Å²) in [6.07, 6.45) is 1.23. The van der Waals surface area contributed by atoms with Gasteiger partial charge in [-0.1, -0.05) is 23.7 Å². The maximum Gasteiger partial charge on any atom is 0.339 e. The van der Waals surface area contributed by atoms with Gasteiger partial charge in [0.15, 0.2) is 0 Å². The lowest BCUT2D eigenvalue weighted by Gasteiger charge is -2.30. The first-order valence-electron chi connectivity index (χ1n) is 10.6. The number of hydrogen-bond donors (Lipinski definition) is 0. The molecule has 0 radical (unpaired) electrons. The van der Waals surface area contributed by atoms with Gasteiger partial charge in [-0.15, -0.1) is 0 Å². The highest BCUT2D eigenvalue weighted by Gasteiger charge is 2.34. The van der Waals surface area contributed by atoms with Gasteiger partial charge in [0, 0.05) is 24.5 Å². The lowest BCUT2D eigenvalue weighted by atomic mass is 9.98. The fourth-order valence-electron chi connectivity index (χ4n) is 3.51. The van der Waals surface area contributed by atoms with Crippen molar-refractivity contribution in [1.82, 2.24) is 4.31 Å². The summed E-state index contributed by atoms with van der Waals surface area (Å²) in [4.78, 5) is 24.2. The van der Waals surface area contributed by atoms with Crippen molar-refractivity contribution in [2.45, 2.75) is 24.2 Å². The second-order valence-electron chi connectivity index (χ2n) is 7.49. The molecule has 0 bridgehead atoms. The first-order chi connectivity index (χ1) is 15.8. The lowest BCUT2D eigenvalue weighted by Crippen LogP contribution is -2.41. The molecule has 8 nitrogen and oxygen atoms in total. The van der Waals surface area contributed by atoms with Crippen LogP contribution in [0.3, 0.4) is 0 Å². The summed E-state index contributed by atoms with van der Waals surface area (Å²) in [5.74, 6) is -0.737. The molecule has 3 rings (SSSR count). The number of hydrogen-bond acceptors (Lipinski definition) is 7. The van der Waals surface area contributed by atoms with E-state index in [0.717, 1.165) is 0 Å². The van der Waals surface area contributed by atoms with Gasteiger partial charge in [0.05, 0.1) is 36.7 Å². The average molecular weight is 496 g/mol. The first-order valence-corrected chi connectivity index (χ1v) is 12.4. The minimum atomic E-state index is -3.89. The van der Waals surface area contributed by atoms with Crippen molar-refractivity contribution in [3.63, 3.8) is 0 Å². The van der Waals surface area contributed by atoms with Crippen LogP contribution in [-0.4, -0.2) is 58.1 Å². The van der Waals surface area contributed by atoms with Gasteiger partial charge in [0.25, 0.3) is 0 Å². The Bertz CT molecular complexity index is 1060. The van der Waals surface area contributed by atoms with Crippen molar-refractivity contribution in [3.8, 4) is 5.75 Å². The Morgan fingerprint density at radius 3 is 2.36 bits per heavy atom. The highest BCUT2D eigenvalue weighted by Crippen LogP contribution is 2.27. The van der Waals surface area contributed by atoms with Crippen molar-refractivity contribution in [2.24, 2.45) is 5.92 Å². The number of halogens is 1. The van der Waals surface area contributed by atoms with E-state index in [1.807, 2.05) is 0 Å². The van der Waals surface area contributed by atoms with E-state index in [0.29, 0.717) is 36.6 Å². The van der Waals surface area contributed by atoms with Gasteiger partial charge in [-0.2, -0.15) is 4.31 Å². The number of esters is 2. The second-order valence-corrected chi connectivity index (χ2v) is 9.83. The number of nitrogens with zero attached hydrogens (tertiary/aromatic N) is 1. The van der Waals surface area contributed by atoms with E-state index in [-0.39, 0.29) is 42.0 Å². The Hall–Kier alpha value is -2.62. The van der Waals surface area contributed by atoms with Crippen LogP contribution in [0, 0.1) is 5.92 Å². The Balaban J connectivity index is 1.46. The fraction of sp³-hybridized carbons (Fsp3) is 0.391. The third-order valence-corrected chi connectivity index (χ3v) is 7.52. The monoisotopic (exact) mass is 495 g/mol. The quantitative estimate of drug-likeness (QED) is 0.387. The van der Waals surface area contributed by atoms with Gasteiger partial charge in [0.1, 0.15) is 5.75 Å². The van der Waals surface area contributed by atoms with E-state index in [9.17, 15) is 18.0 Å². The Labute approximate surface area is 198 Å². The largest absolute Gasteiger partial charge is 0.493 e. The molecule has 1 aliphatic rings. The molecule has 0 unspecified atom stereocenters. The van der Waals surface area contributed by atoms with Gasteiger partial charge < -0.3 is 14.2 Å². The molecule has 1 heterocycles. The number of piperidine rings is 1. The SMILES string of the molecule is COC(=O)c1ccccc1S(=O)(=O)N1CCC(C(=O)OCCCOc2ccc(Cl)cc2)CC1. The molecule has 1 saturated heterocycles. The predicted molar refractivity (Wildman–Crippen MR) is 122 cm³/mol. The molecule has 2 aromatic carbocycles. The molecule has 0 atom stereocenters. The summed E-state index contributed by atoms with van der Waals surface area (Å²) in [6, 6.07) is 12.9. The fourth-order valence-corrected chi connectivity index (χ4v) is 5.29. The Morgan fingerprint density at radius 2 is 1.70 bits per heavy atom. The van der Waals surface area contributed by atoms with Crippen LogP contribution in [0.5, 0.6) is 5.75 Å². The molecular weight excluding hydrogens is 470 g/mol. The van der Waals surface area contributed by atoms with Crippen molar-refractivity contribution >= 4 is 33.6 Å². The van der Waals surface area contributed by atoms with Gasteiger partial charge >= 0.3 is 11.9 Å². The van der Waals surface area contributed by atoms with Crippen LogP contribution in [0.4, 0.5) is 0 Å². The summed E-state index contributed by atoms with van der Waals surface area (Å²) in [5, 5.41) is 0.628. The van der Waals surface area contributed by atoms with Crippen molar-refractivity contribution in [2.75, 3.05) is 33.4 Å². The Morgan fingerprint density at radius 1 is 1.03 bits per heavy atom. The second kappa shape index (κ2) is 11.5. The zero-order valence-electron chi connectivity index (χ0n) is 18.2. The van der Waals surface area contributed by atoms with Crippen molar-refractivity contribution < 1.29 is 32.2 Å². The molecule has 0 N–H and O–H groups in total. The number of benzene rings is 2. The predicted octanol–water partition coefficient (Wildman–Crippen LogP) is 3.54. The lowest BCUT2D eigenvalue weighted by molar-refractivity contribution is -0.150. The molecule has 178 valence electrons. The standard InChI is InChI=1S/C23H26ClNO7S/c1-30-23(27)20-5-2-3-6-21(20)33(28,29)25-13-11-17(12-14-25)22(26)32-16-4-15-31-19-9-7-18(24)8-10-19/h2-3,5-10,17H,4,11-16H2,1H3. The molecular formula is C23H26ClNO7S. The first kappa shape index (κ1) is 25.0. The summed E-state index contributed by atoms with van der Waals surface area (Å²) in [5.41, 5.74) is -0.0117. The minimum Gasteiger partial charge on any atom is -0.493 e. The molecule has 0 aromatic heterocycles. The molecule has 33 heavy (non-hydrogen) atoms. The van der Waals surface area contributed by atoms with E-state index < -0.39 is 16.0 Å². The van der Waals surface area contributed by atoms with Crippen LogP contribution in [0.25, 0.3) is 0 Å². The van der Waals surface area contributed by atoms with Gasteiger partial charge in [-0.3, -0.25) is 4.79 Å². The van der Waals surface area contributed by atoms with Crippen LogP contribution in [0.15, 0.2) is 53.4 Å². The molecule has 10 heteroatoms. The molecule has 0 aliphatic carbocycles. The van der Waals surface area contributed by atoms with Crippen LogP contribution < -0.4 is 4.74 Å². The van der Waals surface area contributed by atoms with Crippen LogP contribution >= 0.6 is 11.6 Å². The molecule has 0 saturated carbocycles. The van der Waals surface area contributed by atoms with Crippen molar-refractivity contribution in [1.29, 1.82) is 0 Å². The molecule has 1 fully saturated rings. The molecule has 0 spiro atoms. The van der Waals surface area contributed by atoms with E-state index in [4.69, 9.17) is 25.8 Å². The van der Waals surface area contributed by atoms with E-state index >= 15 is 0 Å². The van der Waals surface area contributed by atoms with E-state index in [1.165, 1.54) is 23.5 Å². The smallest absolute Gasteiger partial charge is 0.339 e. The number of carbonyl (C=O) groups is 2. The zero-order valence-corrected chi connectivity index (χ0v) is 19.8. The third kappa shape index (κ3) is 6.46. The Kier molecular flexibility index (Phi) is 8.71. The minimum absolute atomic E-state index is 0.0117. The summed E-state index contributed by atoms with van der Waals surface area (Å²) < 4.78 is 43.0. The van der Waals surface area contributed by atoms with E-state index in [2.05, 4.69) is 0 Å². The normalized spacial score (nSPS) is 15.1. The summed E-state index contributed by atoms with van der Waals surface area (Å²) >= 11 is 5.83. The van der Waals surface area contributed by atoms with Crippen LogP contribution in [-0.2, 0) is 24.3 Å². The third-order valence-electron chi connectivity index (χ3n) is 5.31. The summed E-state index contributed by atoms with van der Waals surface area (Å²) in [6.45, 7) is 0.942. The zero-order chi connectivity index (χ0) is 23.8. The topological polar surface area (TPSA) is 99.2 Å². The van der Waals surface area contributed by atoms with Crippen LogP contribution in [0.1, 0.15) is 29.6 Å².